The summed E-state index contributed by atoms with van der Waals surface area (Å²) in [7, 11) is -2.82. The van der Waals surface area contributed by atoms with Crippen molar-refractivity contribution in [3.8, 4) is 5.75 Å². The second kappa shape index (κ2) is 15.3. The van der Waals surface area contributed by atoms with E-state index in [0.717, 1.165) is 11.8 Å². The molecule has 13 nitrogen and oxygen atoms in total. The number of methoxy groups -OCH3 is 1. The number of sulfone groups is 1. The van der Waals surface area contributed by atoms with Gasteiger partial charge in [-0.05, 0) is 84.0 Å². The highest BCUT2D eigenvalue weighted by Gasteiger charge is 2.63. The Morgan fingerprint density at radius 3 is 2.04 bits per heavy atom. The van der Waals surface area contributed by atoms with Crippen molar-refractivity contribution in [3.63, 3.8) is 0 Å². The van der Waals surface area contributed by atoms with E-state index < -0.39 is 67.3 Å². The largest absolute Gasteiger partial charge is 0.495 e. The number of amides is 3. The molecule has 15 heteroatoms. The van der Waals surface area contributed by atoms with Gasteiger partial charge in [-0.3, -0.25) is 9.79 Å². The summed E-state index contributed by atoms with van der Waals surface area (Å²) < 4.78 is 58.9. The van der Waals surface area contributed by atoms with Crippen LogP contribution in [0.1, 0.15) is 77.5 Å². The quantitative estimate of drug-likeness (QED) is 0.295. The second-order valence-corrected chi connectivity index (χ2v) is 16.3. The van der Waals surface area contributed by atoms with Crippen LogP contribution in [0.4, 0.5) is 25.4 Å². The Balaban J connectivity index is 0.00000297. The Labute approximate surface area is 304 Å². The molecule has 2 aliphatic rings. The van der Waals surface area contributed by atoms with Crippen LogP contribution in [0.2, 0.25) is 0 Å². The minimum atomic E-state index is -4.28. The number of anilines is 2. The summed E-state index contributed by atoms with van der Waals surface area (Å²) in [6, 6.07) is 14.2. The van der Waals surface area contributed by atoms with Gasteiger partial charge in [0.25, 0.3) is 5.91 Å². The Kier molecular flexibility index (Phi) is 11.7. The van der Waals surface area contributed by atoms with E-state index in [1.807, 2.05) is 19.9 Å². The van der Waals surface area contributed by atoms with Crippen LogP contribution in [-0.4, -0.2) is 84.1 Å². The number of para-hydroxylation sites is 1. The topological polar surface area (TPSA) is 157 Å². The average molecular weight is 740 g/mol. The average Bonchev–Trinajstić information content (AvgIpc) is 3.04. The predicted molar refractivity (Wildman–Crippen MR) is 196 cm³/mol. The highest BCUT2D eigenvalue weighted by atomic mass is 32.2. The highest BCUT2D eigenvalue weighted by molar-refractivity contribution is 7.93. The van der Waals surface area contributed by atoms with Gasteiger partial charge in [0.2, 0.25) is 0 Å². The lowest BCUT2D eigenvalue weighted by atomic mass is 9.94. The number of aliphatic imine (C=N–C) groups is 1. The number of ether oxygens (including phenoxy) is 3. The first-order valence-corrected chi connectivity index (χ1v) is 18.5. The van der Waals surface area contributed by atoms with Crippen molar-refractivity contribution in [1.29, 1.82) is 0 Å². The molecule has 0 aliphatic carbocycles. The van der Waals surface area contributed by atoms with E-state index in [1.54, 1.807) is 76.8 Å². The molecule has 3 heterocycles. The standard InChI is InChI=1S/C35H40FN5O8S.C2H6/c1-33(2,3)48-31(43)41(32(44)49-34(4,5)6)30-35(20-40(21-35)23-11-9-8-10-12-23)50(45,46)19-28(39-30)25-17-22(13-15-26(25)36)38-29(42)27-16-14-24(47-7)18-37-27;1-2/h8-18,28H,19-21H2,1-7H3,(H,38,42);1-2H3. The van der Waals surface area contributed by atoms with Crippen molar-refractivity contribution in [2.75, 3.05) is 36.2 Å². The van der Waals surface area contributed by atoms with Gasteiger partial charge in [-0.2, -0.15) is 4.90 Å². The van der Waals surface area contributed by atoms with Crippen LogP contribution in [0.25, 0.3) is 0 Å². The van der Waals surface area contributed by atoms with E-state index in [0.29, 0.717) is 10.6 Å². The van der Waals surface area contributed by atoms with E-state index in [2.05, 4.69) is 15.3 Å². The van der Waals surface area contributed by atoms with Gasteiger partial charge >= 0.3 is 12.2 Å². The summed E-state index contributed by atoms with van der Waals surface area (Å²) in [5.41, 5.74) is -1.47. The zero-order valence-corrected chi connectivity index (χ0v) is 31.7. The maximum Gasteiger partial charge on any atom is 0.425 e. The summed E-state index contributed by atoms with van der Waals surface area (Å²) >= 11 is 0. The molecule has 5 rings (SSSR count). The molecule has 2 aromatic carbocycles. The normalized spacial score (nSPS) is 17.4. The lowest BCUT2D eigenvalue weighted by Crippen LogP contribution is -2.75. The Morgan fingerprint density at radius 2 is 1.52 bits per heavy atom. The lowest BCUT2D eigenvalue weighted by molar-refractivity contribution is 0.0137. The predicted octanol–water partition coefficient (Wildman–Crippen LogP) is 6.81. The van der Waals surface area contributed by atoms with Crippen molar-refractivity contribution in [3.05, 3.63) is 83.9 Å². The first-order chi connectivity index (χ1) is 24.3. The third-order valence-corrected chi connectivity index (χ3v) is 10.2. The molecule has 2 aliphatic heterocycles. The van der Waals surface area contributed by atoms with Gasteiger partial charge in [0.1, 0.15) is 34.3 Å². The van der Waals surface area contributed by atoms with Gasteiger partial charge in [-0.15, -0.1) is 0 Å². The fourth-order valence-corrected chi connectivity index (χ4v) is 7.65. The van der Waals surface area contributed by atoms with Gasteiger partial charge in [0.05, 0.1) is 25.1 Å². The first-order valence-electron chi connectivity index (χ1n) is 16.8. The summed E-state index contributed by atoms with van der Waals surface area (Å²) in [6.07, 6.45) is -1.04. The number of hydrogen-bond acceptors (Lipinski definition) is 11. The number of carbonyl (C=O) groups excluding carboxylic acids is 3. The van der Waals surface area contributed by atoms with Crippen LogP contribution in [-0.2, 0) is 19.3 Å². The third-order valence-electron chi connectivity index (χ3n) is 7.85. The minimum Gasteiger partial charge on any atom is -0.495 e. The highest BCUT2D eigenvalue weighted by Crippen LogP contribution is 2.43. The molecule has 0 saturated carbocycles. The van der Waals surface area contributed by atoms with E-state index in [9.17, 15) is 22.8 Å². The molecule has 0 radical (unpaired) electrons. The molecule has 3 amide bonds. The van der Waals surface area contributed by atoms with Crippen LogP contribution in [0.5, 0.6) is 5.75 Å². The van der Waals surface area contributed by atoms with Crippen molar-refractivity contribution in [2.45, 2.75) is 77.4 Å². The number of benzene rings is 2. The van der Waals surface area contributed by atoms with E-state index in [1.165, 1.54) is 31.5 Å². The molecule has 1 N–H and O–H groups in total. The van der Waals surface area contributed by atoms with Crippen molar-refractivity contribution >= 4 is 45.1 Å². The number of pyridine rings is 1. The van der Waals surface area contributed by atoms with Crippen molar-refractivity contribution in [2.24, 2.45) is 4.99 Å². The van der Waals surface area contributed by atoms with Gasteiger partial charge in [-0.1, -0.05) is 32.0 Å². The number of hydrogen-bond donors (Lipinski definition) is 1. The third kappa shape index (κ3) is 8.69. The van der Waals surface area contributed by atoms with Crippen LogP contribution >= 0.6 is 0 Å². The molecule has 1 atom stereocenters. The summed E-state index contributed by atoms with van der Waals surface area (Å²) in [4.78, 5) is 51.6. The van der Waals surface area contributed by atoms with E-state index >= 15 is 4.39 Å². The second-order valence-electron chi connectivity index (χ2n) is 14.0. The number of amidine groups is 1. The zero-order valence-electron chi connectivity index (χ0n) is 30.9. The van der Waals surface area contributed by atoms with Gasteiger partial charge < -0.3 is 24.4 Å². The maximum atomic E-state index is 15.6. The fraction of sp³-hybridized carbons (Fsp3) is 0.432. The number of nitrogens with zero attached hydrogens (tertiary/aromatic N) is 4. The Hall–Kier alpha value is -5.05. The smallest absolute Gasteiger partial charge is 0.425 e. The number of halogens is 1. The number of carbonyl (C=O) groups is 3. The van der Waals surface area contributed by atoms with E-state index in [-0.39, 0.29) is 30.0 Å². The van der Waals surface area contributed by atoms with Gasteiger partial charge in [0, 0.05) is 30.0 Å². The minimum absolute atomic E-state index is 0.0532. The van der Waals surface area contributed by atoms with E-state index in [4.69, 9.17) is 14.2 Å². The molecule has 1 fully saturated rings. The van der Waals surface area contributed by atoms with Crippen LogP contribution < -0.4 is 15.0 Å². The summed E-state index contributed by atoms with van der Waals surface area (Å²) in [5, 5.41) is 2.64. The first kappa shape index (κ1) is 39.7. The number of aromatic nitrogens is 1. The van der Waals surface area contributed by atoms with Crippen molar-refractivity contribution in [1.82, 2.24) is 9.88 Å². The van der Waals surface area contributed by atoms with Crippen LogP contribution in [0.15, 0.2) is 71.9 Å². The molecule has 1 unspecified atom stereocenters. The number of rotatable bonds is 5. The Morgan fingerprint density at radius 1 is 0.923 bits per heavy atom. The molecule has 3 aromatic rings. The van der Waals surface area contributed by atoms with Gasteiger partial charge in [-0.25, -0.2) is 27.4 Å². The molecule has 1 spiro atoms. The zero-order chi connectivity index (χ0) is 38.6. The monoisotopic (exact) mass is 739 g/mol. The SMILES string of the molecule is CC.COc1ccc(C(=O)Nc2ccc(F)c(C3CS(=O)(=O)C4(CN(c5ccccc5)C4)C(N(C(=O)OC(C)(C)C)C(=O)OC(C)(C)C)=N3)c2)nc1. The number of imide groups is 1. The lowest BCUT2D eigenvalue weighted by Gasteiger charge is -2.53. The van der Waals surface area contributed by atoms with Crippen LogP contribution in [0.3, 0.4) is 0 Å². The van der Waals surface area contributed by atoms with Crippen LogP contribution in [0, 0.1) is 5.82 Å². The van der Waals surface area contributed by atoms with Crippen molar-refractivity contribution < 1.29 is 41.4 Å². The van der Waals surface area contributed by atoms with Gasteiger partial charge in [0.15, 0.2) is 14.6 Å². The Bertz CT molecular complexity index is 1890. The molecule has 1 saturated heterocycles. The molecular weight excluding hydrogens is 693 g/mol. The summed E-state index contributed by atoms with van der Waals surface area (Å²) in [6.45, 7) is 13.2. The number of nitrogens with one attached hydrogen (secondary N) is 1. The maximum absolute atomic E-state index is 15.6. The molecule has 280 valence electrons. The molecule has 1 aromatic heterocycles. The molecule has 52 heavy (non-hydrogen) atoms. The molecular formula is C37H46FN5O8S. The summed E-state index contributed by atoms with van der Waals surface area (Å²) in [5.74, 6) is -2.07. The molecule has 0 bridgehead atoms. The fourth-order valence-electron chi connectivity index (χ4n) is 5.53.